The average molecular weight is 607 g/mol. The molecule has 0 saturated heterocycles. The van der Waals surface area contributed by atoms with Crippen LogP contribution in [-0.4, -0.2) is 11.9 Å². The van der Waals surface area contributed by atoms with Gasteiger partial charge >= 0.3 is 0 Å². The van der Waals surface area contributed by atoms with E-state index in [1.807, 2.05) is 30.3 Å². The minimum absolute atomic E-state index is 0.108. The zero-order valence-corrected chi connectivity index (χ0v) is 26.4. The summed E-state index contributed by atoms with van der Waals surface area (Å²) in [5.41, 5.74) is 12.2. The summed E-state index contributed by atoms with van der Waals surface area (Å²) in [5, 5.41) is 15.0. The van der Waals surface area contributed by atoms with Gasteiger partial charge in [-0.3, -0.25) is 10.4 Å². The molecule has 1 aliphatic carbocycles. The molecule has 6 aromatic rings. The van der Waals surface area contributed by atoms with E-state index in [4.69, 9.17) is 0 Å². The molecule has 0 radical (unpaired) electrons. The van der Waals surface area contributed by atoms with Gasteiger partial charge in [0.1, 0.15) is 0 Å². The summed E-state index contributed by atoms with van der Waals surface area (Å²) in [5.74, 6) is 0. The van der Waals surface area contributed by atoms with Gasteiger partial charge in [-0.25, -0.2) is 0 Å². The van der Waals surface area contributed by atoms with Gasteiger partial charge in [0.05, 0.1) is 17.6 Å². The van der Waals surface area contributed by atoms with Gasteiger partial charge in [-0.2, -0.15) is 0 Å². The van der Waals surface area contributed by atoms with Gasteiger partial charge in [0.2, 0.25) is 0 Å². The molecular weight excluding hydrogens is 573 g/mol. The molecule has 47 heavy (non-hydrogen) atoms. The molecule has 6 aromatic carbocycles. The number of benzene rings is 6. The Morgan fingerprint density at radius 3 is 2.06 bits per heavy atom. The third-order valence-corrected chi connectivity index (χ3v) is 9.42. The summed E-state index contributed by atoms with van der Waals surface area (Å²) >= 11 is 0. The molecular formula is C43H34N4. The lowest BCUT2D eigenvalue weighted by atomic mass is 9.82. The molecule has 2 aliphatic rings. The molecule has 1 aliphatic heterocycles. The van der Waals surface area contributed by atoms with E-state index in [0.29, 0.717) is 5.71 Å². The monoisotopic (exact) mass is 606 g/mol. The largest absolute Gasteiger partial charge is 0.358 e. The molecule has 0 atom stereocenters. The summed E-state index contributed by atoms with van der Waals surface area (Å²) in [7, 11) is 0. The fourth-order valence-corrected chi connectivity index (χ4v) is 7.02. The maximum atomic E-state index is 9.35. The number of anilines is 3. The standard InChI is InChI=1S/C43H34N4/c1-43(2)38-15-9-8-14-36(38)37-23-22-35(27-39(37)43)47(34-21-16-29-10-6-7-13-32(29)26-34)33-19-17-31(18-20-33)42(44)41(30-11-4-3-5-12-30)40-28-45-24-25-46-40/h3-28,44,46H,1-2H3. The lowest BCUT2D eigenvalue weighted by molar-refractivity contribution is 0.660. The number of allylic oxidation sites excluding steroid dienone is 2. The predicted octanol–water partition coefficient (Wildman–Crippen LogP) is 10.5. The molecule has 0 fully saturated rings. The SMILES string of the molecule is CC1(C)c2ccccc2-c2ccc(N(c3ccc(C(=N)C(=C4C=NC=CN4)c4ccccc4)cc3)c3ccc4ccccc4c3)cc21. The number of rotatable bonds is 6. The summed E-state index contributed by atoms with van der Waals surface area (Å²) in [6.07, 6.45) is 5.29. The van der Waals surface area contributed by atoms with Crippen LogP contribution in [0.4, 0.5) is 17.1 Å². The minimum Gasteiger partial charge on any atom is -0.358 e. The van der Waals surface area contributed by atoms with Crippen LogP contribution >= 0.6 is 0 Å². The first-order valence-electron chi connectivity index (χ1n) is 16.0. The van der Waals surface area contributed by atoms with Gasteiger partial charge < -0.3 is 10.2 Å². The molecule has 0 bridgehead atoms. The van der Waals surface area contributed by atoms with Crippen LogP contribution in [0.3, 0.4) is 0 Å². The van der Waals surface area contributed by atoms with E-state index in [9.17, 15) is 5.41 Å². The molecule has 8 rings (SSSR count). The third-order valence-electron chi connectivity index (χ3n) is 9.42. The van der Waals surface area contributed by atoms with E-state index in [1.54, 1.807) is 18.6 Å². The molecule has 226 valence electrons. The highest BCUT2D eigenvalue weighted by molar-refractivity contribution is 6.33. The fourth-order valence-electron chi connectivity index (χ4n) is 7.02. The van der Waals surface area contributed by atoms with Crippen LogP contribution in [0.15, 0.2) is 163 Å². The van der Waals surface area contributed by atoms with Crippen molar-refractivity contribution in [3.63, 3.8) is 0 Å². The van der Waals surface area contributed by atoms with Gasteiger partial charge in [0.25, 0.3) is 0 Å². The molecule has 0 unspecified atom stereocenters. The summed E-state index contributed by atoms with van der Waals surface area (Å²) in [6, 6.07) is 49.2. The maximum Gasteiger partial charge on any atom is 0.0712 e. The Morgan fingerprint density at radius 1 is 0.617 bits per heavy atom. The maximum absolute atomic E-state index is 9.35. The Bertz CT molecular complexity index is 2260. The predicted molar refractivity (Wildman–Crippen MR) is 197 cm³/mol. The molecule has 2 N–H and O–H groups in total. The Hall–Kier alpha value is -6.00. The molecule has 4 nitrogen and oxygen atoms in total. The van der Waals surface area contributed by atoms with E-state index in [2.05, 4.69) is 138 Å². The van der Waals surface area contributed by atoms with E-state index < -0.39 is 0 Å². The first-order chi connectivity index (χ1) is 23.0. The van der Waals surface area contributed by atoms with E-state index in [-0.39, 0.29) is 5.41 Å². The Morgan fingerprint density at radius 2 is 1.28 bits per heavy atom. The lowest BCUT2D eigenvalue weighted by Crippen LogP contribution is -2.17. The zero-order chi connectivity index (χ0) is 32.0. The van der Waals surface area contributed by atoms with E-state index >= 15 is 0 Å². The van der Waals surface area contributed by atoms with Gasteiger partial charge in [-0.1, -0.05) is 117 Å². The second-order valence-corrected chi connectivity index (χ2v) is 12.6. The number of aliphatic imine (C=N–C) groups is 1. The van der Waals surface area contributed by atoms with Gasteiger partial charge in [-0.15, -0.1) is 0 Å². The van der Waals surface area contributed by atoms with Crippen molar-refractivity contribution < 1.29 is 0 Å². The number of fused-ring (bicyclic) bond motifs is 4. The third kappa shape index (κ3) is 4.95. The lowest BCUT2D eigenvalue weighted by Gasteiger charge is -2.28. The highest BCUT2D eigenvalue weighted by atomic mass is 15.1. The smallest absolute Gasteiger partial charge is 0.0712 e. The Balaban J connectivity index is 1.23. The quantitative estimate of drug-likeness (QED) is 0.185. The number of nitrogens with zero attached hydrogens (tertiary/aromatic N) is 2. The average Bonchev–Trinajstić information content (AvgIpc) is 3.35. The van der Waals surface area contributed by atoms with Crippen LogP contribution < -0.4 is 10.2 Å². The first kappa shape index (κ1) is 28.5. The highest BCUT2D eigenvalue weighted by Gasteiger charge is 2.35. The van der Waals surface area contributed by atoms with Crippen LogP contribution in [0.1, 0.15) is 36.1 Å². The minimum atomic E-state index is -0.108. The fraction of sp³-hybridized carbons (Fsp3) is 0.0698. The van der Waals surface area contributed by atoms with Gasteiger partial charge in [0.15, 0.2) is 0 Å². The number of hydrogen-bond acceptors (Lipinski definition) is 4. The first-order valence-corrected chi connectivity index (χ1v) is 16.0. The zero-order valence-electron chi connectivity index (χ0n) is 26.4. The van der Waals surface area contributed by atoms with Crippen molar-refractivity contribution in [3.05, 3.63) is 180 Å². The van der Waals surface area contributed by atoms with Crippen LogP contribution in [0, 0.1) is 5.41 Å². The van der Waals surface area contributed by atoms with Crippen molar-refractivity contribution in [1.82, 2.24) is 5.32 Å². The van der Waals surface area contributed by atoms with Crippen molar-refractivity contribution in [3.8, 4) is 11.1 Å². The Kier molecular flexibility index (Phi) is 6.92. The van der Waals surface area contributed by atoms with Crippen LogP contribution in [0.5, 0.6) is 0 Å². The van der Waals surface area contributed by atoms with E-state index in [1.165, 1.54) is 33.0 Å². The molecule has 0 spiro atoms. The molecule has 0 amide bonds. The highest BCUT2D eigenvalue weighted by Crippen LogP contribution is 2.50. The van der Waals surface area contributed by atoms with Crippen molar-refractivity contribution in [2.45, 2.75) is 19.3 Å². The summed E-state index contributed by atoms with van der Waals surface area (Å²) in [6.45, 7) is 4.64. The van der Waals surface area contributed by atoms with Crippen LogP contribution in [-0.2, 0) is 5.41 Å². The molecule has 0 saturated carbocycles. The van der Waals surface area contributed by atoms with Crippen LogP contribution in [0.2, 0.25) is 0 Å². The van der Waals surface area contributed by atoms with Gasteiger partial charge in [-0.05, 0) is 75.0 Å². The van der Waals surface area contributed by atoms with Crippen LogP contribution in [0.25, 0.3) is 27.5 Å². The molecule has 1 heterocycles. The number of nitrogens with one attached hydrogen (secondary N) is 2. The van der Waals surface area contributed by atoms with Crippen molar-refractivity contribution >= 4 is 45.3 Å². The van der Waals surface area contributed by atoms with Crippen molar-refractivity contribution in [2.75, 3.05) is 4.90 Å². The van der Waals surface area contributed by atoms with E-state index in [0.717, 1.165) is 39.5 Å². The van der Waals surface area contributed by atoms with Crippen molar-refractivity contribution in [1.29, 1.82) is 5.41 Å². The van der Waals surface area contributed by atoms with Crippen molar-refractivity contribution in [2.24, 2.45) is 4.99 Å². The second kappa shape index (κ2) is 11.4. The van der Waals surface area contributed by atoms with Gasteiger partial charge in [0, 0.05) is 46.0 Å². The summed E-state index contributed by atoms with van der Waals surface area (Å²) < 4.78 is 0. The topological polar surface area (TPSA) is 51.5 Å². The second-order valence-electron chi connectivity index (χ2n) is 12.6. The normalized spacial score (nSPS) is 15.1. The molecule has 0 aromatic heterocycles. The Labute approximate surface area is 275 Å². The summed E-state index contributed by atoms with van der Waals surface area (Å²) in [4.78, 5) is 6.66. The molecule has 4 heteroatoms. The number of hydrogen-bond donors (Lipinski definition) is 2.